The predicted octanol–water partition coefficient (Wildman–Crippen LogP) is 2.81. The fourth-order valence-electron chi connectivity index (χ4n) is 1.54. The molecule has 4 atom stereocenters. The molecule has 2 N–H and O–H groups in total. The van der Waals surface area contributed by atoms with Crippen LogP contribution in [-0.2, 0) is 0 Å². The Morgan fingerprint density at radius 3 is 2.07 bits per heavy atom. The highest BCUT2D eigenvalue weighted by Crippen LogP contribution is 2.19. The first kappa shape index (κ1) is 14.9. The zero-order valence-corrected chi connectivity index (χ0v) is 11.3. The van der Waals surface area contributed by atoms with Gasteiger partial charge in [0.15, 0.2) is 0 Å². The molecular weight excluding hydrogens is 186 g/mol. The fraction of sp³-hybridized carbons (Fsp3) is 1.00. The molecule has 0 radical (unpaired) electrons. The van der Waals surface area contributed by atoms with Gasteiger partial charge in [0.1, 0.15) is 0 Å². The van der Waals surface area contributed by atoms with E-state index in [-0.39, 0.29) is 0 Å². The van der Waals surface area contributed by atoms with Crippen LogP contribution in [0, 0.1) is 11.8 Å². The maximum atomic E-state index is 10.2. The van der Waals surface area contributed by atoms with E-state index in [0.717, 1.165) is 6.42 Å². The molecule has 15 heavy (non-hydrogen) atoms. The normalized spacial score (nSPS) is 21.8. The summed E-state index contributed by atoms with van der Waals surface area (Å²) in [6.07, 6.45) is 2.20. The van der Waals surface area contributed by atoms with E-state index in [9.17, 15) is 5.11 Å². The number of nitrogens with one attached hydrogen (secondary N) is 1. The Morgan fingerprint density at radius 1 is 1.13 bits per heavy atom. The zero-order chi connectivity index (χ0) is 12.1. The summed E-state index contributed by atoms with van der Waals surface area (Å²) in [5.74, 6) is 1.01. The Labute approximate surface area is 95.5 Å². The van der Waals surface area contributed by atoms with E-state index in [2.05, 4.69) is 39.9 Å². The maximum Gasteiger partial charge on any atom is 0.0768 e. The van der Waals surface area contributed by atoms with Gasteiger partial charge in [0, 0.05) is 12.6 Å². The van der Waals surface area contributed by atoms with E-state index < -0.39 is 5.60 Å². The standard InChI is InChI=1S/C13H29NO/c1-7-10(3)12(5)14-9-13(6,15)11(4)8-2/h10-12,14-15H,7-9H2,1-6H3. The van der Waals surface area contributed by atoms with Crippen molar-refractivity contribution in [3.63, 3.8) is 0 Å². The quantitative estimate of drug-likeness (QED) is 0.684. The molecule has 0 aromatic rings. The zero-order valence-electron chi connectivity index (χ0n) is 11.3. The average Bonchev–Trinajstić information content (AvgIpc) is 2.23. The Morgan fingerprint density at radius 2 is 1.67 bits per heavy atom. The molecule has 0 saturated carbocycles. The average molecular weight is 215 g/mol. The lowest BCUT2D eigenvalue weighted by atomic mass is 9.88. The van der Waals surface area contributed by atoms with Crippen molar-refractivity contribution in [2.75, 3.05) is 6.54 Å². The molecular formula is C13H29NO. The molecule has 0 spiro atoms. The van der Waals surface area contributed by atoms with E-state index in [1.165, 1.54) is 6.42 Å². The summed E-state index contributed by atoms with van der Waals surface area (Å²) in [6, 6.07) is 0.477. The van der Waals surface area contributed by atoms with Gasteiger partial charge in [0.2, 0.25) is 0 Å². The lowest BCUT2D eigenvalue weighted by Gasteiger charge is -2.32. The second-order valence-corrected chi connectivity index (χ2v) is 5.22. The molecule has 0 fully saturated rings. The molecule has 0 saturated heterocycles. The predicted molar refractivity (Wildman–Crippen MR) is 67.0 cm³/mol. The Balaban J connectivity index is 4.03. The van der Waals surface area contributed by atoms with Crippen LogP contribution >= 0.6 is 0 Å². The first-order chi connectivity index (χ1) is 6.85. The van der Waals surface area contributed by atoms with Crippen molar-refractivity contribution in [2.24, 2.45) is 11.8 Å². The van der Waals surface area contributed by atoms with Gasteiger partial charge in [-0.15, -0.1) is 0 Å². The molecule has 0 aromatic heterocycles. The van der Waals surface area contributed by atoms with Crippen LogP contribution in [0.3, 0.4) is 0 Å². The first-order valence-electron chi connectivity index (χ1n) is 6.30. The first-order valence-corrected chi connectivity index (χ1v) is 6.30. The number of aliphatic hydroxyl groups is 1. The van der Waals surface area contributed by atoms with Crippen LogP contribution in [0.4, 0.5) is 0 Å². The van der Waals surface area contributed by atoms with Crippen LogP contribution in [-0.4, -0.2) is 23.3 Å². The molecule has 0 aliphatic rings. The molecule has 0 bridgehead atoms. The summed E-state index contributed by atoms with van der Waals surface area (Å²) < 4.78 is 0. The highest BCUT2D eigenvalue weighted by atomic mass is 16.3. The minimum absolute atomic E-state index is 0.342. The summed E-state index contributed by atoms with van der Waals surface area (Å²) in [5.41, 5.74) is -0.587. The molecule has 0 aliphatic carbocycles. The third kappa shape index (κ3) is 4.98. The van der Waals surface area contributed by atoms with Gasteiger partial charge in [-0.1, -0.05) is 40.5 Å². The topological polar surface area (TPSA) is 32.3 Å². The van der Waals surface area contributed by atoms with Gasteiger partial charge in [0.05, 0.1) is 5.60 Å². The number of hydrogen-bond acceptors (Lipinski definition) is 2. The van der Waals surface area contributed by atoms with E-state index >= 15 is 0 Å². The van der Waals surface area contributed by atoms with Gasteiger partial charge in [-0.2, -0.15) is 0 Å². The highest BCUT2D eigenvalue weighted by Gasteiger charge is 2.27. The summed E-state index contributed by atoms with van der Waals surface area (Å²) in [6.45, 7) is 13.5. The van der Waals surface area contributed by atoms with Crippen molar-refractivity contribution in [2.45, 2.75) is 66.0 Å². The fourth-order valence-corrected chi connectivity index (χ4v) is 1.54. The largest absolute Gasteiger partial charge is 0.389 e. The molecule has 0 aliphatic heterocycles. The van der Waals surface area contributed by atoms with E-state index in [1.54, 1.807) is 0 Å². The molecule has 2 nitrogen and oxygen atoms in total. The SMILES string of the molecule is CCC(C)C(C)NCC(C)(O)C(C)CC. The van der Waals surface area contributed by atoms with Crippen molar-refractivity contribution >= 4 is 0 Å². The molecule has 0 amide bonds. The smallest absolute Gasteiger partial charge is 0.0768 e. The van der Waals surface area contributed by atoms with Crippen LogP contribution in [0.1, 0.15) is 54.4 Å². The van der Waals surface area contributed by atoms with E-state index in [4.69, 9.17) is 0 Å². The van der Waals surface area contributed by atoms with Crippen molar-refractivity contribution in [1.29, 1.82) is 0 Å². The molecule has 0 aromatic carbocycles. The van der Waals surface area contributed by atoms with Crippen LogP contribution in [0.5, 0.6) is 0 Å². The van der Waals surface area contributed by atoms with Crippen molar-refractivity contribution in [1.82, 2.24) is 5.32 Å². The summed E-state index contributed by atoms with van der Waals surface area (Å²) >= 11 is 0. The van der Waals surface area contributed by atoms with Gasteiger partial charge < -0.3 is 10.4 Å². The summed E-state index contributed by atoms with van der Waals surface area (Å²) in [7, 11) is 0. The third-order valence-electron chi connectivity index (χ3n) is 3.95. The molecule has 4 unspecified atom stereocenters. The van der Waals surface area contributed by atoms with E-state index in [0.29, 0.717) is 24.4 Å². The van der Waals surface area contributed by atoms with Gasteiger partial charge in [-0.3, -0.25) is 0 Å². The van der Waals surface area contributed by atoms with Crippen LogP contribution in [0.2, 0.25) is 0 Å². The van der Waals surface area contributed by atoms with Crippen LogP contribution in [0.25, 0.3) is 0 Å². The third-order valence-corrected chi connectivity index (χ3v) is 3.95. The second-order valence-electron chi connectivity index (χ2n) is 5.22. The summed E-state index contributed by atoms with van der Waals surface area (Å²) in [5, 5.41) is 13.7. The van der Waals surface area contributed by atoms with E-state index in [1.807, 2.05) is 6.92 Å². The second kappa shape index (κ2) is 6.49. The Bertz CT molecular complexity index is 168. The maximum absolute atomic E-state index is 10.2. The van der Waals surface area contributed by atoms with Crippen molar-refractivity contribution in [3.05, 3.63) is 0 Å². The molecule has 0 rings (SSSR count). The van der Waals surface area contributed by atoms with Crippen LogP contribution in [0.15, 0.2) is 0 Å². The lowest BCUT2D eigenvalue weighted by molar-refractivity contribution is 0.00236. The van der Waals surface area contributed by atoms with Gasteiger partial charge in [-0.05, 0) is 25.7 Å². The molecule has 0 heterocycles. The minimum atomic E-state index is -0.587. The van der Waals surface area contributed by atoms with Gasteiger partial charge in [0.25, 0.3) is 0 Å². The number of hydrogen-bond donors (Lipinski definition) is 2. The van der Waals surface area contributed by atoms with Crippen LogP contribution < -0.4 is 5.32 Å². The van der Waals surface area contributed by atoms with Gasteiger partial charge in [-0.25, -0.2) is 0 Å². The van der Waals surface area contributed by atoms with Crippen molar-refractivity contribution < 1.29 is 5.11 Å². The lowest BCUT2D eigenvalue weighted by Crippen LogP contribution is -2.47. The van der Waals surface area contributed by atoms with Gasteiger partial charge >= 0.3 is 0 Å². The highest BCUT2D eigenvalue weighted by molar-refractivity contribution is 4.82. The van der Waals surface area contributed by atoms with Crippen molar-refractivity contribution in [3.8, 4) is 0 Å². The Hall–Kier alpha value is -0.0800. The molecule has 92 valence electrons. The Kier molecular flexibility index (Phi) is 6.46. The minimum Gasteiger partial charge on any atom is -0.389 e. The summed E-state index contributed by atoms with van der Waals surface area (Å²) in [4.78, 5) is 0. The number of rotatable bonds is 7. The molecule has 2 heteroatoms. The monoisotopic (exact) mass is 215 g/mol.